The Kier molecular flexibility index (Phi) is 5.45. The second-order valence-electron chi connectivity index (χ2n) is 5.86. The SMILES string of the molecule is CCN(Cc1ccc(N)cc1)C(=O)CC1CCCCC1. The van der Waals surface area contributed by atoms with Crippen LogP contribution in [0.3, 0.4) is 0 Å². The van der Waals surface area contributed by atoms with E-state index in [0.717, 1.165) is 24.2 Å². The molecule has 20 heavy (non-hydrogen) atoms. The molecule has 1 aromatic rings. The minimum Gasteiger partial charge on any atom is -0.399 e. The van der Waals surface area contributed by atoms with Crippen LogP contribution in [0.25, 0.3) is 0 Å². The molecule has 2 rings (SSSR count). The highest BCUT2D eigenvalue weighted by Gasteiger charge is 2.20. The second kappa shape index (κ2) is 7.32. The van der Waals surface area contributed by atoms with Gasteiger partial charge in [0, 0.05) is 25.2 Å². The van der Waals surface area contributed by atoms with Gasteiger partial charge in [0.1, 0.15) is 0 Å². The first-order valence-electron chi connectivity index (χ1n) is 7.81. The maximum atomic E-state index is 12.4. The van der Waals surface area contributed by atoms with E-state index in [9.17, 15) is 4.79 Å². The molecular formula is C17H26N2O. The van der Waals surface area contributed by atoms with Crippen molar-refractivity contribution in [3.63, 3.8) is 0 Å². The predicted octanol–water partition coefficient (Wildman–Crippen LogP) is 3.59. The minimum atomic E-state index is 0.302. The molecular weight excluding hydrogens is 248 g/mol. The summed E-state index contributed by atoms with van der Waals surface area (Å²) in [6.45, 7) is 3.52. The number of carbonyl (C=O) groups is 1. The number of hydrogen-bond donors (Lipinski definition) is 1. The van der Waals surface area contributed by atoms with Crippen molar-refractivity contribution in [3.8, 4) is 0 Å². The zero-order chi connectivity index (χ0) is 14.4. The van der Waals surface area contributed by atoms with Gasteiger partial charge in [-0.15, -0.1) is 0 Å². The number of nitrogens with two attached hydrogens (primary N) is 1. The van der Waals surface area contributed by atoms with Crippen molar-refractivity contribution < 1.29 is 4.79 Å². The lowest BCUT2D eigenvalue weighted by molar-refractivity contribution is -0.132. The number of hydrogen-bond acceptors (Lipinski definition) is 2. The largest absolute Gasteiger partial charge is 0.399 e. The van der Waals surface area contributed by atoms with E-state index < -0.39 is 0 Å². The molecule has 1 fully saturated rings. The molecule has 1 saturated carbocycles. The van der Waals surface area contributed by atoms with Gasteiger partial charge >= 0.3 is 0 Å². The number of carbonyl (C=O) groups excluding carboxylic acids is 1. The Morgan fingerprint density at radius 3 is 2.45 bits per heavy atom. The molecule has 1 aromatic carbocycles. The Hall–Kier alpha value is -1.51. The molecule has 0 aliphatic heterocycles. The molecule has 1 aliphatic rings. The van der Waals surface area contributed by atoms with Gasteiger partial charge in [0.2, 0.25) is 5.91 Å². The van der Waals surface area contributed by atoms with E-state index in [-0.39, 0.29) is 0 Å². The number of benzene rings is 1. The van der Waals surface area contributed by atoms with Gasteiger partial charge in [-0.25, -0.2) is 0 Å². The first-order chi connectivity index (χ1) is 9.69. The van der Waals surface area contributed by atoms with Crippen molar-refractivity contribution >= 4 is 11.6 Å². The molecule has 0 heterocycles. The molecule has 0 spiro atoms. The van der Waals surface area contributed by atoms with Crippen LogP contribution in [0.1, 0.15) is 51.0 Å². The molecule has 2 N–H and O–H groups in total. The Morgan fingerprint density at radius 2 is 1.85 bits per heavy atom. The van der Waals surface area contributed by atoms with Crippen molar-refractivity contribution in [2.45, 2.75) is 52.0 Å². The van der Waals surface area contributed by atoms with Crippen LogP contribution in [0, 0.1) is 5.92 Å². The molecule has 0 radical (unpaired) electrons. The summed E-state index contributed by atoms with van der Waals surface area (Å²) in [6, 6.07) is 7.81. The maximum absolute atomic E-state index is 12.4. The van der Waals surface area contributed by atoms with Crippen molar-refractivity contribution in [2.75, 3.05) is 12.3 Å². The fourth-order valence-electron chi connectivity index (χ4n) is 2.99. The summed E-state index contributed by atoms with van der Waals surface area (Å²) in [6.07, 6.45) is 7.11. The van der Waals surface area contributed by atoms with Gasteiger partial charge in [0.05, 0.1) is 0 Å². The summed E-state index contributed by atoms with van der Waals surface area (Å²) in [4.78, 5) is 14.4. The lowest BCUT2D eigenvalue weighted by Crippen LogP contribution is -2.32. The van der Waals surface area contributed by atoms with Crippen LogP contribution in [0.5, 0.6) is 0 Å². The van der Waals surface area contributed by atoms with Crippen LogP contribution in [0.4, 0.5) is 5.69 Å². The average molecular weight is 274 g/mol. The fourth-order valence-corrected chi connectivity index (χ4v) is 2.99. The van der Waals surface area contributed by atoms with E-state index in [1.807, 2.05) is 29.2 Å². The molecule has 1 amide bonds. The Labute approximate surface area is 122 Å². The van der Waals surface area contributed by atoms with Crippen molar-refractivity contribution in [3.05, 3.63) is 29.8 Å². The summed E-state index contributed by atoms with van der Waals surface area (Å²) in [7, 11) is 0. The average Bonchev–Trinajstić information content (AvgIpc) is 2.47. The van der Waals surface area contributed by atoms with Crippen LogP contribution in [-0.2, 0) is 11.3 Å². The first-order valence-corrected chi connectivity index (χ1v) is 7.81. The monoisotopic (exact) mass is 274 g/mol. The normalized spacial score (nSPS) is 16.1. The molecule has 0 atom stereocenters. The molecule has 0 bridgehead atoms. The van der Waals surface area contributed by atoms with Crippen LogP contribution in [-0.4, -0.2) is 17.4 Å². The highest BCUT2D eigenvalue weighted by molar-refractivity contribution is 5.76. The molecule has 0 unspecified atom stereocenters. The zero-order valence-electron chi connectivity index (χ0n) is 12.5. The molecule has 3 nitrogen and oxygen atoms in total. The van der Waals surface area contributed by atoms with Gasteiger partial charge in [-0.05, 0) is 43.4 Å². The number of anilines is 1. The number of nitrogen functional groups attached to an aromatic ring is 1. The van der Waals surface area contributed by atoms with Crippen LogP contribution in [0.15, 0.2) is 24.3 Å². The Bertz CT molecular complexity index is 421. The van der Waals surface area contributed by atoms with Crippen LogP contribution < -0.4 is 5.73 Å². The fraction of sp³-hybridized carbons (Fsp3) is 0.588. The highest BCUT2D eigenvalue weighted by Crippen LogP contribution is 2.27. The third-order valence-corrected chi connectivity index (χ3v) is 4.28. The zero-order valence-corrected chi connectivity index (χ0v) is 12.5. The highest BCUT2D eigenvalue weighted by atomic mass is 16.2. The summed E-state index contributed by atoms with van der Waals surface area (Å²) in [5.74, 6) is 0.910. The summed E-state index contributed by atoms with van der Waals surface area (Å²) >= 11 is 0. The summed E-state index contributed by atoms with van der Waals surface area (Å²) in [5, 5.41) is 0. The van der Waals surface area contributed by atoms with Gasteiger partial charge in [-0.2, -0.15) is 0 Å². The topological polar surface area (TPSA) is 46.3 Å². The van der Waals surface area contributed by atoms with Gasteiger partial charge < -0.3 is 10.6 Å². The van der Waals surface area contributed by atoms with E-state index in [2.05, 4.69) is 6.92 Å². The summed E-state index contributed by atoms with van der Waals surface area (Å²) < 4.78 is 0. The first kappa shape index (κ1) is 14.9. The van der Waals surface area contributed by atoms with Crippen LogP contribution in [0.2, 0.25) is 0 Å². The predicted molar refractivity (Wildman–Crippen MR) is 83.1 cm³/mol. The van der Waals surface area contributed by atoms with E-state index in [1.54, 1.807) is 0 Å². The molecule has 110 valence electrons. The van der Waals surface area contributed by atoms with E-state index in [0.29, 0.717) is 18.4 Å². The van der Waals surface area contributed by atoms with Gasteiger partial charge in [-0.1, -0.05) is 31.4 Å². The van der Waals surface area contributed by atoms with Crippen molar-refractivity contribution in [1.82, 2.24) is 4.90 Å². The second-order valence-corrected chi connectivity index (χ2v) is 5.86. The number of rotatable bonds is 5. The van der Waals surface area contributed by atoms with E-state index >= 15 is 0 Å². The summed E-state index contributed by atoms with van der Waals surface area (Å²) in [5.41, 5.74) is 7.61. The number of nitrogens with zero attached hydrogens (tertiary/aromatic N) is 1. The molecule has 1 aliphatic carbocycles. The van der Waals surface area contributed by atoms with Crippen LogP contribution >= 0.6 is 0 Å². The standard InChI is InChI=1S/C17H26N2O/c1-2-19(13-15-8-10-16(18)11-9-15)17(20)12-14-6-4-3-5-7-14/h8-11,14H,2-7,12-13,18H2,1H3. The van der Waals surface area contributed by atoms with E-state index in [1.165, 1.54) is 32.1 Å². The third kappa shape index (κ3) is 4.26. The quantitative estimate of drug-likeness (QED) is 0.834. The van der Waals surface area contributed by atoms with Crippen molar-refractivity contribution in [2.24, 2.45) is 5.92 Å². The third-order valence-electron chi connectivity index (χ3n) is 4.28. The minimum absolute atomic E-state index is 0.302. The number of amides is 1. The smallest absolute Gasteiger partial charge is 0.223 e. The molecule has 0 saturated heterocycles. The van der Waals surface area contributed by atoms with Gasteiger partial charge in [-0.3, -0.25) is 4.79 Å². The Balaban J connectivity index is 1.89. The van der Waals surface area contributed by atoms with Gasteiger partial charge in [0.15, 0.2) is 0 Å². The Morgan fingerprint density at radius 1 is 1.20 bits per heavy atom. The van der Waals surface area contributed by atoms with E-state index in [4.69, 9.17) is 5.73 Å². The maximum Gasteiger partial charge on any atom is 0.223 e. The van der Waals surface area contributed by atoms with Gasteiger partial charge in [0.25, 0.3) is 0 Å². The lowest BCUT2D eigenvalue weighted by atomic mass is 9.86. The molecule has 3 heteroatoms. The van der Waals surface area contributed by atoms with Crippen molar-refractivity contribution in [1.29, 1.82) is 0 Å². The molecule has 0 aromatic heterocycles. The lowest BCUT2D eigenvalue weighted by Gasteiger charge is -2.26.